The number of benzene rings is 3. The summed E-state index contributed by atoms with van der Waals surface area (Å²) in [5, 5.41) is 13.0. The number of carbonyl (C=O) groups excluding carboxylic acids is 1. The molecule has 1 aromatic heterocycles. The van der Waals surface area contributed by atoms with Gasteiger partial charge < -0.3 is 14.8 Å². The Labute approximate surface area is 213 Å². The molecule has 0 aliphatic heterocycles. The zero-order valence-electron chi connectivity index (χ0n) is 19.2. The normalized spacial score (nSPS) is 10.7. The Kier molecular flexibility index (Phi) is 8.64. The first kappa shape index (κ1) is 24.6. The molecule has 3 aromatic carbocycles. The Morgan fingerprint density at radius 2 is 1.69 bits per heavy atom. The number of hydrogen-bond acceptors (Lipinski definition) is 6. The molecule has 0 saturated carbocycles. The topological polar surface area (TPSA) is 78.3 Å². The molecule has 0 bridgehead atoms. The summed E-state index contributed by atoms with van der Waals surface area (Å²) in [5.41, 5.74) is 1.94. The lowest BCUT2D eigenvalue weighted by Crippen LogP contribution is -2.23. The third-order valence-electron chi connectivity index (χ3n) is 5.11. The number of carbonyl (C=O) groups is 1. The lowest BCUT2D eigenvalue weighted by molar-refractivity contribution is -0.120. The van der Waals surface area contributed by atoms with Crippen LogP contribution in [-0.4, -0.2) is 33.5 Å². The second-order valence-corrected chi connectivity index (χ2v) is 9.03. The molecule has 9 heteroatoms. The smallest absolute Gasteiger partial charge is 0.221 e. The van der Waals surface area contributed by atoms with Crippen LogP contribution in [-0.2, 0) is 17.9 Å². The van der Waals surface area contributed by atoms with Crippen LogP contribution >= 0.6 is 23.4 Å². The Morgan fingerprint density at radius 1 is 0.971 bits per heavy atom. The van der Waals surface area contributed by atoms with Gasteiger partial charge in [0.1, 0.15) is 18.1 Å². The van der Waals surface area contributed by atoms with Gasteiger partial charge in [0.2, 0.25) is 5.91 Å². The monoisotopic (exact) mass is 508 g/mol. The molecule has 4 aromatic rings. The number of para-hydroxylation sites is 1. The lowest BCUT2D eigenvalue weighted by atomic mass is 10.2. The number of rotatable bonds is 11. The van der Waals surface area contributed by atoms with Crippen LogP contribution in [0.25, 0.3) is 5.69 Å². The van der Waals surface area contributed by atoms with Gasteiger partial charge in [0.05, 0.1) is 7.11 Å². The highest BCUT2D eigenvalue weighted by atomic mass is 35.5. The highest BCUT2D eigenvalue weighted by Crippen LogP contribution is 2.24. The minimum absolute atomic E-state index is 0.0228. The van der Waals surface area contributed by atoms with Gasteiger partial charge in [-0.2, -0.15) is 0 Å². The number of thioether (sulfide) groups is 1. The van der Waals surface area contributed by atoms with E-state index in [1.807, 2.05) is 71.3 Å². The fraction of sp³-hybridized carbons (Fsp3) is 0.192. The summed E-state index contributed by atoms with van der Waals surface area (Å²) in [6.07, 6.45) is 0.360. The first-order valence-corrected chi connectivity index (χ1v) is 12.4. The van der Waals surface area contributed by atoms with E-state index in [1.54, 1.807) is 19.2 Å². The molecule has 0 aliphatic rings. The molecule has 0 saturated heterocycles. The third kappa shape index (κ3) is 7.00. The molecular weight excluding hydrogens is 484 g/mol. The molecule has 0 fully saturated rings. The molecule has 0 aliphatic carbocycles. The van der Waals surface area contributed by atoms with Gasteiger partial charge in [-0.25, -0.2) is 0 Å². The van der Waals surface area contributed by atoms with Crippen LogP contribution in [0.2, 0.25) is 5.02 Å². The third-order valence-corrected chi connectivity index (χ3v) is 6.29. The van der Waals surface area contributed by atoms with Crippen molar-refractivity contribution in [3.63, 3.8) is 0 Å². The van der Waals surface area contributed by atoms with Crippen molar-refractivity contribution in [2.24, 2.45) is 0 Å². The van der Waals surface area contributed by atoms with Crippen molar-refractivity contribution in [1.29, 1.82) is 0 Å². The average Bonchev–Trinajstić information content (AvgIpc) is 3.30. The maximum absolute atomic E-state index is 12.4. The van der Waals surface area contributed by atoms with E-state index in [0.29, 0.717) is 40.5 Å². The van der Waals surface area contributed by atoms with Gasteiger partial charge in [0.25, 0.3) is 0 Å². The van der Waals surface area contributed by atoms with E-state index in [9.17, 15) is 4.79 Å². The van der Waals surface area contributed by atoms with Gasteiger partial charge in [-0.15, -0.1) is 10.2 Å². The molecule has 1 N–H and O–H groups in total. The molecule has 0 unspecified atom stereocenters. The summed E-state index contributed by atoms with van der Waals surface area (Å²) in [6.45, 7) is 0.715. The van der Waals surface area contributed by atoms with Crippen LogP contribution in [0.3, 0.4) is 0 Å². The first-order chi connectivity index (χ1) is 17.1. The Balaban J connectivity index is 1.35. The van der Waals surface area contributed by atoms with Crippen molar-refractivity contribution in [2.45, 2.75) is 24.7 Å². The minimum Gasteiger partial charge on any atom is -0.497 e. The molecule has 0 radical (unpaired) electrons. The number of ether oxygens (including phenoxy) is 2. The minimum atomic E-state index is -0.0228. The number of hydrogen-bond donors (Lipinski definition) is 1. The Hall–Kier alpha value is -3.49. The molecule has 0 spiro atoms. The molecule has 7 nitrogen and oxygen atoms in total. The van der Waals surface area contributed by atoms with E-state index >= 15 is 0 Å². The fourth-order valence-corrected chi connectivity index (χ4v) is 4.30. The van der Waals surface area contributed by atoms with E-state index in [0.717, 1.165) is 17.0 Å². The molecule has 4 rings (SSSR count). The SMILES string of the molecule is COc1ccc(CNC(=O)CCSc2nnc(COc3ccc(Cl)cc3)n2-c2ccccc2)cc1. The molecule has 1 amide bonds. The summed E-state index contributed by atoms with van der Waals surface area (Å²) in [5.74, 6) is 2.69. The molecular formula is C26H25ClN4O3S. The van der Waals surface area contributed by atoms with Crippen LogP contribution in [0.4, 0.5) is 0 Å². The van der Waals surface area contributed by atoms with Crippen LogP contribution in [0, 0.1) is 0 Å². The molecule has 1 heterocycles. The summed E-state index contributed by atoms with van der Waals surface area (Å²) >= 11 is 7.43. The second kappa shape index (κ2) is 12.3. The standard InChI is InChI=1S/C26H25ClN4O3S/c1-33-22-11-7-19(8-12-22)17-28-25(32)15-16-35-26-30-29-24(31(26)21-5-3-2-4-6-21)18-34-23-13-9-20(27)10-14-23/h2-14H,15-18H2,1H3,(H,28,32). The van der Waals surface area contributed by atoms with Crippen LogP contribution in [0.1, 0.15) is 17.8 Å². The number of aromatic nitrogens is 3. The van der Waals surface area contributed by atoms with E-state index < -0.39 is 0 Å². The second-order valence-electron chi connectivity index (χ2n) is 7.54. The van der Waals surface area contributed by atoms with Gasteiger partial charge >= 0.3 is 0 Å². The zero-order valence-corrected chi connectivity index (χ0v) is 20.8. The maximum atomic E-state index is 12.4. The predicted molar refractivity (Wildman–Crippen MR) is 137 cm³/mol. The first-order valence-electron chi connectivity index (χ1n) is 11.0. The van der Waals surface area contributed by atoms with Gasteiger partial charge in [0.15, 0.2) is 11.0 Å². The zero-order chi connectivity index (χ0) is 24.5. The summed E-state index contributed by atoms with van der Waals surface area (Å²) in [7, 11) is 1.63. The van der Waals surface area contributed by atoms with Crippen LogP contribution in [0.15, 0.2) is 84.0 Å². The van der Waals surface area contributed by atoms with Gasteiger partial charge in [-0.3, -0.25) is 9.36 Å². The summed E-state index contributed by atoms with van der Waals surface area (Å²) < 4.78 is 13.0. The Bertz CT molecular complexity index is 1230. The number of amides is 1. The highest BCUT2D eigenvalue weighted by molar-refractivity contribution is 7.99. The van der Waals surface area contributed by atoms with Crippen molar-refractivity contribution < 1.29 is 14.3 Å². The number of methoxy groups -OCH3 is 1. The predicted octanol–water partition coefficient (Wildman–Crippen LogP) is 5.31. The molecule has 35 heavy (non-hydrogen) atoms. The summed E-state index contributed by atoms with van der Waals surface area (Å²) in [4.78, 5) is 12.4. The quantitative estimate of drug-likeness (QED) is 0.277. The van der Waals surface area contributed by atoms with Gasteiger partial charge in [-0.05, 0) is 54.1 Å². The van der Waals surface area contributed by atoms with Crippen molar-refractivity contribution in [2.75, 3.05) is 12.9 Å². The fourth-order valence-electron chi connectivity index (χ4n) is 3.27. The van der Waals surface area contributed by atoms with E-state index in [2.05, 4.69) is 15.5 Å². The Morgan fingerprint density at radius 3 is 2.40 bits per heavy atom. The van der Waals surface area contributed by atoms with E-state index in [1.165, 1.54) is 11.8 Å². The van der Waals surface area contributed by atoms with Crippen LogP contribution < -0.4 is 14.8 Å². The number of nitrogens with one attached hydrogen (secondary N) is 1. The largest absolute Gasteiger partial charge is 0.497 e. The van der Waals surface area contributed by atoms with Gasteiger partial charge in [0, 0.05) is 29.4 Å². The van der Waals surface area contributed by atoms with Crippen LogP contribution in [0.5, 0.6) is 11.5 Å². The van der Waals surface area contributed by atoms with E-state index in [4.69, 9.17) is 21.1 Å². The van der Waals surface area contributed by atoms with Crippen molar-refractivity contribution in [3.8, 4) is 17.2 Å². The molecule has 0 atom stereocenters. The highest BCUT2D eigenvalue weighted by Gasteiger charge is 2.15. The van der Waals surface area contributed by atoms with Crippen molar-refractivity contribution in [1.82, 2.24) is 20.1 Å². The maximum Gasteiger partial charge on any atom is 0.221 e. The lowest BCUT2D eigenvalue weighted by Gasteiger charge is -2.11. The van der Waals surface area contributed by atoms with Crippen molar-refractivity contribution >= 4 is 29.3 Å². The van der Waals surface area contributed by atoms with Gasteiger partial charge in [-0.1, -0.05) is 53.7 Å². The van der Waals surface area contributed by atoms with E-state index in [-0.39, 0.29) is 12.5 Å². The number of nitrogens with zero attached hydrogens (tertiary/aromatic N) is 3. The van der Waals surface area contributed by atoms with Crippen molar-refractivity contribution in [3.05, 3.63) is 95.3 Å². The average molecular weight is 509 g/mol. The number of halogens is 1. The molecule has 180 valence electrons. The summed E-state index contributed by atoms with van der Waals surface area (Å²) in [6, 6.07) is 24.6.